The van der Waals surface area contributed by atoms with Gasteiger partial charge in [0, 0.05) is 26.2 Å². The molecule has 0 aromatic heterocycles. The Balaban J connectivity index is 1.88. The summed E-state index contributed by atoms with van der Waals surface area (Å²) < 4.78 is 28.8. The van der Waals surface area contributed by atoms with Crippen LogP contribution in [0.3, 0.4) is 0 Å². The van der Waals surface area contributed by atoms with Gasteiger partial charge in [0.25, 0.3) is 0 Å². The first-order valence-corrected chi connectivity index (χ1v) is 12.4. The zero-order valence-corrected chi connectivity index (χ0v) is 20.6. The molecule has 0 bridgehead atoms. The lowest BCUT2D eigenvalue weighted by Crippen LogP contribution is -2.53. The fourth-order valence-corrected chi connectivity index (χ4v) is 6.52. The van der Waals surface area contributed by atoms with Gasteiger partial charge in [0.2, 0.25) is 15.9 Å². The van der Waals surface area contributed by atoms with Gasteiger partial charge in [0.05, 0.1) is 4.90 Å². The topological polar surface area (TPSA) is 113 Å². The molecule has 1 unspecified atom stereocenters. The number of carbonyl (C=O) groups excluding carboxylic acids is 2. The van der Waals surface area contributed by atoms with Gasteiger partial charge in [-0.25, -0.2) is 13.2 Å². The third kappa shape index (κ3) is 4.80. The van der Waals surface area contributed by atoms with E-state index in [1.165, 1.54) is 4.31 Å². The van der Waals surface area contributed by atoms with E-state index in [-0.39, 0.29) is 13.1 Å². The molecule has 33 heavy (non-hydrogen) atoms. The van der Waals surface area contributed by atoms with Crippen LogP contribution >= 0.6 is 0 Å². The molecule has 1 aliphatic rings. The highest BCUT2D eigenvalue weighted by Gasteiger charge is 2.36. The summed E-state index contributed by atoms with van der Waals surface area (Å²) in [4.78, 5) is 26.3. The van der Waals surface area contributed by atoms with E-state index >= 15 is 0 Å². The summed E-state index contributed by atoms with van der Waals surface area (Å²) in [6.45, 7) is 10.8. The second-order valence-electron chi connectivity index (χ2n) is 8.56. The van der Waals surface area contributed by atoms with Crippen LogP contribution in [0.2, 0.25) is 0 Å². The number of nitrogens with one attached hydrogen (secondary N) is 1. The molecular formula is C24H32N4O4S. The predicted molar refractivity (Wildman–Crippen MR) is 127 cm³/mol. The average molecular weight is 473 g/mol. The summed E-state index contributed by atoms with van der Waals surface area (Å²) in [5, 5.41) is 2.17. The Morgan fingerprint density at radius 3 is 1.82 bits per heavy atom. The van der Waals surface area contributed by atoms with Gasteiger partial charge in [-0.3, -0.25) is 15.0 Å². The number of imide groups is 1. The van der Waals surface area contributed by atoms with Crippen molar-refractivity contribution in [2.75, 3.05) is 26.2 Å². The molecule has 3 rings (SSSR count). The van der Waals surface area contributed by atoms with Crippen molar-refractivity contribution >= 4 is 22.0 Å². The van der Waals surface area contributed by atoms with E-state index in [2.05, 4.69) is 5.32 Å². The average Bonchev–Trinajstić information content (AvgIpc) is 2.77. The van der Waals surface area contributed by atoms with Gasteiger partial charge >= 0.3 is 6.03 Å². The highest BCUT2D eigenvalue weighted by atomic mass is 32.2. The molecule has 1 heterocycles. The number of carbonyl (C=O) groups is 2. The second kappa shape index (κ2) is 9.62. The van der Waals surface area contributed by atoms with Crippen LogP contribution < -0.4 is 11.1 Å². The standard InChI is InChI=1S/C24H32N4O4S/c1-15-16(2)18(4)22(19(5)17(15)3)33(31,32)28-13-11-27(12-14-28)21(23(29)26-24(25)30)20-9-7-6-8-10-20/h6-10,21H,11-14H2,1-5H3,(H3,25,26,29,30). The van der Waals surface area contributed by atoms with Crippen LogP contribution in [0.5, 0.6) is 0 Å². The number of nitrogens with zero attached hydrogens (tertiary/aromatic N) is 2. The molecule has 3 amide bonds. The highest BCUT2D eigenvalue weighted by Crippen LogP contribution is 2.32. The van der Waals surface area contributed by atoms with Crippen molar-refractivity contribution in [1.29, 1.82) is 0 Å². The molecule has 1 fully saturated rings. The van der Waals surface area contributed by atoms with Gasteiger partial charge in [-0.05, 0) is 68.0 Å². The molecule has 1 atom stereocenters. The fourth-order valence-electron chi connectivity index (χ4n) is 4.54. The largest absolute Gasteiger partial charge is 0.351 e. The van der Waals surface area contributed by atoms with E-state index in [9.17, 15) is 18.0 Å². The maximum Gasteiger partial charge on any atom is 0.318 e. The lowest BCUT2D eigenvalue weighted by atomic mass is 9.95. The lowest BCUT2D eigenvalue weighted by Gasteiger charge is -2.38. The van der Waals surface area contributed by atoms with Crippen molar-refractivity contribution < 1.29 is 18.0 Å². The van der Waals surface area contributed by atoms with Crippen LogP contribution in [0.4, 0.5) is 4.79 Å². The molecule has 9 heteroatoms. The Labute approximate surface area is 195 Å². The van der Waals surface area contributed by atoms with Crippen molar-refractivity contribution in [3.63, 3.8) is 0 Å². The monoisotopic (exact) mass is 472 g/mol. The van der Waals surface area contributed by atoms with Crippen LogP contribution in [0.1, 0.15) is 39.4 Å². The summed E-state index contributed by atoms with van der Waals surface area (Å²) in [6, 6.07) is 7.42. The Hall–Kier alpha value is -2.75. The number of piperazine rings is 1. The van der Waals surface area contributed by atoms with Crippen molar-refractivity contribution in [2.45, 2.75) is 45.6 Å². The number of sulfonamides is 1. The van der Waals surface area contributed by atoms with Crippen LogP contribution in [0.25, 0.3) is 0 Å². The molecule has 2 aromatic carbocycles. The molecule has 0 radical (unpaired) electrons. The van der Waals surface area contributed by atoms with Gasteiger partial charge in [-0.2, -0.15) is 4.31 Å². The molecule has 2 aromatic rings. The molecule has 8 nitrogen and oxygen atoms in total. The first-order valence-electron chi connectivity index (χ1n) is 10.9. The molecule has 0 aliphatic carbocycles. The van der Waals surface area contributed by atoms with Gasteiger partial charge in [-0.1, -0.05) is 30.3 Å². The number of nitrogens with two attached hydrogens (primary N) is 1. The quantitative estimate of drug-likeness (QED) is 0.694. The third-order valence-electron chi connectivity index (χ3n) is 6.78. The smallest absolute Gasteiger partial charge is 0.318 e. The molecular weight excluding hydrogens is 440 g/mol. The van der Waals surface area contributed by atoms with Gasteiger partial charge in [0.1, 0.15) is 6.04 Å². The van der Waals surface area contributed by atoms with E-state index in [0.717, 1.165) is 27.8 Å². The Kier molecular flexibility index (Phi) is 7.26. The van der Waals surface area contributed by atoms with Gasteiger partial charge < -0.3 is 5.73 Å². The predicted octanol–water partition coefficient (Wildman–Crippen LogP) is 2.47. The maximum atomic E-state index is 13.6. The van der Waals surface area contributed by atoms with E-state index < -0.39 is 28.0 Å². The van der Waals surface area contributed by atoms with Crippen molar-refractivity contribution in [3.05, 3.63) is 63.7 Å². The van der Waals surface area contributed by atoms with Crippen LogP contribution in [-0.4, -0.2) is 55.7 Å². The first-order chi connectivity index (χ1) is 15.5. The van der Waals surface area contributed by atoms with E-state index in [0.29, 0.717) is 23.5 Å². The number of urea groups is 1. The number of hydrogen-bond donors (Lipinski definition) is 2. The zero-order chi connectivity index (χ0) is 24.5. The SMILES string of the molecule is Cc1c(C)c(C)c(S(=O)(=O)N2CCN(C(C(=O)NC(N)=O)c3ccccc3)CC2)c(C)c1C. The normalized spacial score (nSPS) is 16.4. The molecule has 178 valence electrons. The van der Waals surface area contributed by atoms with Gasteiger partial charge in [-0.15, -0.1) is 0 Å². The number of amides is 3. The Bertz CT molecular complexity index is 1140. The van der Waals surface area contributed by atoms with Crippen molar-refractivity contribution in [2.24, 2.45) is 5.73 Å². The minimum atomic E-state index is -3.71. The lowest BCUT2D eigenvalue weighted by molar-refractivity contribution is -0.126. The summed E-state index contributed by atoms with van der Waals surface area (Å²) in [6.07, 6.45) is 0. The molecule has 3 N–H and O–H groups in total. The molecule has 0 spiro atoms. The Morgan fingerprint density at radius 2 is 1.33 bits per heavy atom. The number of primary amides is 1. The van der Waals surface area contributed by atoms with E-state index in [1.54, 1.807) is 12.1 Å². The number of benzene rings is 2. The van der Waals surface area contributed by atoms with Gasteiger partial charge in [0.15, 0.2) is 0 Å². The summed E-state index contributed by atoms with van der Waals surface area (Å²) in [5.41, 5.74) is 10.5. The zero-order valence-electron chi connectivity index (χ0n) is 19.8. The van der Waals surface area contributed by atoms with Crippen molar-refractivity contribution in [3.8, 4) is 0 Å². The van der Waals surface area contributed by atoms with E-state index in [4.69, 9.17) is 5.73 Å². The highest BCUT2D eigenvalue weighted by molar-refractivity contribution is 7.89. The third-order valence-corrected chi connectivity index (χ3v) is 8.95. The first kappa shape index (κ1) is 24.9. The Morgan fingerprint density at radius 1 is 0.848 bits per heavy atom. The maximum absolute atomic E-state index is 13.6. The second-order valence-corrected chi connectivity index (χ2v) is 10.4. The summed E-state index contributed by atoms with van der Waals surface area (Å²) in [7, 11) is -3.71. The molecule has 1 aliphatic heterocycles. The molecule has 1 saturated heterocycles. The fraction of sp³-hybridized carbons (Fsp3) is 0.417. The van der Waals surface area contributed by atoms with Crippen LogP contribution in [-0.2, 0) is 14.8 Å². The van der Waals surface area contributed by atoms with Crippen LogP contribution in [0.15, 0.2) is 35.2 Å². The number of rotatable bonds is 5. The summed E-state index contributed by atoms with van der Waals surface area (Å²) >= 11 is 0. The van der Waals surface area contributed by atoms with E-state index in [1.807, 2.05) is 57.7 Å². The minimum absolute atomic E-state index is 0.236. The van der Waals surface area contributed by atoms with Crippen molar-refractivity contribution in [1.82, 2.24) is 14.5 Å². The molecule has 0 saturated carbocycles. The number of hydrogen-bond acceptors (Lipinski definition) is 5. The summed E-state index contributed by atoms with van der Waals surface area (Å²) in [5.74, 6) is -0.526. The minimum Gasteiger partial charge on any atom is -0.351 e. The van der Waals surface area contributed by atoms with Crippen LogP contribution in [0, 0.1) is 34.6 Å².